The number of nitrogens with zero attached hydrogens (tertiary/aromatic N) is 1. The summed E-state index contributed by atoms with van der Waals surface area (Å²) in [5, 5.41) is 3.51. The lowest BCUT2D eigenvalue weighted by molar-refractivity contribution is -0.0300. The molecule has 2 unspecified atom stereocenters. The van der Waals surface area contributed by atoms with Gasteiger partial charge in [0, 0.05) is 13.7 Å². The molecule has 0 aromatic carbocycles. The maximum atomic E-state index is 5.42. The molecule has 1 N–H and O–H groups in total. The first-order valence-electron chi connectivity index (χ1n) is 4.94. The Labute approximate surface area is 74.1 Å². The predicted octanol–water partition coefficient (Wildman–Crippen LogP) is 0.764. The molecule has 0 aromatic heterocycles. The van der Waals surface area contributed by atoms with Crippen LogP contribution in [0.25, 0.3) is 0 Å². The Morgan fingerprint density at radius 2 is 2.25 bits per heavy atom. The first kappa shape index (κ1) is 8.48. The average Bonchev–Trinajstić information content (AvgIpc) is 2.74. The molecule has 70 valence electrons. The summed E-state index contributed by atoms with van der Waals surface area (Å²) in [7, 11) is 1.82. The van der Waals surface area contributed by atoms with E-state index in [1.54, 1.807) is 0 Å². The van der Waals surface area contributed by atoms with E-state index in [1.165, 1.54) is 38.8 Å². The topological polar surface area (TPSA) is 24.5 Å². The SMILES string of the molecule is COC1CCCN1C1CCCN1. The van der Waals surface area contributed by atoms with Crippen molar-refractivity contribution in [2.75, 3.05) is 20.2 Å². The van der Waals surface area contributed by atoms with Crippen LogP contribution in [0.5, 0.6) is 0 Å². The third kappa shape index (κ3) is 1.49. The Hall–Kier alpha value is -0.120. The zero-order valence-corrected chi connectivity index (χ0v) is 7.75. The van der Waals surface area contributed by atoms with Crippen LogP contribution in [0.4, 0.5) is 0 Å². The Kier molecular flexibility index (Phi) is 2.63. The molecule has 0 spiro atoms. The molecule has 0 aliphatic carbocycles. The lowest BCUT2D eigenvalue weighted by Gasteiger charge is -2.29. The number of rotatable bonds is 2. The van der Waals surface area contributed by atoms with E-state index in [0.29, 0.717) is 12.4 Å². The van der Waals surface area contributed by atoms with Crippen molar-refractivity contribution in [1.29, 1.82) is 0 Å². The van der Waals surface area contributed by atoms with Gasteiger partial charge in [0.15, 0.2) is 0 Å². The molecule has 0 saturated carbocycles. The van der Waals surface area contributed by atoms with E-state index in [2.05, 4.69) is 10.2 Å². The quantitative estimate of drug-likeness (QED) is 0.662. The molecule has 2 saturated heterocycles. The van der Waals surface area contributed by atoms with Gasteiger partial charge < -0.3 is 10.1 Å². The van der Waals surface area contributed by atoms with E-state index < -0.39 is 0 Å². The summed E-state index contributed by atoms with van der Waals surface area (Å²) in [5.41, 5.74) is 0. The molecule has 2 atom stereocenters. The Morgan fingerprint density at radius 3 is 2.92 bits per heavy atom. The highest BCUT2D eigenvalue weighted by atomic mass is 16.5. The highest BCUT2D eigenvalue weighted by molar-refractivity contribution is 4.81. The van der Waals surface area contributed by atoms with Crippen LogP contribution < -0.4 is 5.32 Å². The Bertz CT molecular complexity index is 145. The van der Waals surface area contributed by atoms with Crippen LogP contribution in [0.1, 0.15) is 25.7 Å². The van der Waals surface area contributed by atoms with Crippen LogP contribution in [0.2, 0.25) is 0 Å². The van der Waals surface area contributed by atoms with Gasteiger partial charge in [0.2, 0.25) is 0 Å². The smallest absolute Gasteiger partial charge is 0.111 e. The second-order valence-electron chi connectivity index (χ2n) is 3.68. The molecular weight excluding hydrogens is 152 g/mol. The summed E-state index contributed by atoms with van der Waals surface area (Å²) < 4.78 is 5.42. The Balaban J connectivity index is 1.92. The second kappa shape index (κ2) is 3.73. The van der Waals surface area contributed by atoms with Crippen molar-refractivity contribution in [3.05, 3.63) is 0 Å². The third-order valence-corrected chi connectivity index (χ3v) is 2.94. The largest absolute Gasteiger partial charge is 0.366 e. The fourth-order valence-electron chi connectivity index (χ4n) is 2.32. The molecule has 2 heterocycles. The van der Waals surface area contributed by atoms with Crippen LogP contribution in [-0.4, -0.2) is 37.5 Å². The molecule has 0 bridgehead atoms. The standard InChI is InChI=1S/C9H18N2O/c1-12-9-5-3-7-11(9)8-4-2-6-10-8/h8-10H,2-7H2,1H3. The van der Waals surface area contributed by atoms with Crippen LogP contribution in [0, 0.1) is 0 Å². The summed E-state index contributed by atoms with van der Waals surface area (Å²) in [4.78, 5) is 2.47. The second-order valence-corrected chi connectivity index (χ2v) is 3.68. The molecule has 0 radical (unpaired) electrons. The van der Waals surface area contributed by atoms with Crippen molar-refractivity contribution in [3.63, 3.8) is 0 Å². The Morgan fingerprint density at radius 1 is 1.33 bits per heavy atom. The van der Waals surface area contributed by atoms with Gasteiger partial charge in [0.1, 0.15) is 6.23 Å². The first-order chi connectivity index (χ1) is 5.92. The molecule has 3 heteroatoms. The van der Waals surface area contributed by atoms with E-state index in [4.69, 9.17) is 4.74 Å². The van der Waals surface area contributed by atoms with Gasteiger partial charge in [-0.3, -0.25) is 4.90 Å². The van der Waals surface area contributed by atoms with Crippen LogP contribution >= 0.6 is 0 Å². The number of likely N-dealkylation sites (tertiary alicyclic amines) is 1. The maximum Gasteiger partial charge on any atom is 0.111 e. The number of hydrogen-bond donors (Lipinski definition) is 1. The minimum absolute atomic E-state index is 0.376. The third-order valence-electron chi connectivity index (χ3n) is 2.94. The van der Waals surface area contributed by atoms with Crippen LogP contribution in [0.15, 0.2) is 0 Å². The molecule has 2 rings (SSSR count). The molecule has 0 aromatic rings. The van der Waals surface area contributed by atoms with Crippen molar-refractivity contribution in [2.45, 2.75) is 38.1 Å². The van der Waals surface area contributed by atoms with Crippen molar-refractivity contribution in [3.8, 4) is 0 Å². The van der Waals surface area contributed by atoms with Gasteiger partial charge in [0.25, 0.3) is 0 Å². The monoisotopic (exact) mass is 170 g/mol. The first-order valence-corrected chi connectivity index (χ1v) is 4.94. The zero-order valence-electron chi connectivity index (χ0n) is 7.75. The number of ether oxygens (including phenoxy) is 1. The lowest BCUT2D eigenvalue weighted by atomic mass is 10.3. The average molecular weight is 170 g/mol. The van der Waals surface area contributed by atoms with Gasteiger partial charge in [-0.15, -0.1) is 0 Å². The highest BCUT2D eigenvalue weighted by Crippen LogP contribution is 2.23. The van der Waals surface area contributed by atoms with Gasteiger partial charge in [-0.05, 0) is 32.2 Å². The van der Waals surface area contributed by atoms with Crippen molar-refractivity contribution < 1.29 is 4.74 Å². The van der Waals surface area contributed by atoms with Crippen LogP contribution in [-0.2, 0) is 4.74 Å². The molecule has 2 aliphatic rings. The van der Waals surface area contributed by atoms with Gasteiger partial charge in [0.05, 0.1) is 6.17 Å². The summed E-state index contributed by atoms with van der Waals surface area (Å²) in [6.45, 7) is 2.38. The number of nitrogens with one attached hydrogen (secondary N) is 1. The minimum atomic E-state index is 0.376. The molecule has 12 heavy (non-hydrogen) atoms. The fourth-order valence-corrected chi connectivity index (χ4v) is 2.32. The summed E-state index contributed by atoms with van der Waals surface area (Å²) in [6, 6.07) is 0. The van der Waals surface area contributed by atoms with E-state index in [-0.39, 0.29) is 0 Å². The van der Waals surface area contributed by atoms with E-state index in [9.17, 15) is 0 Å². The van der Waals surface area contributed by atoms with Gasteiger partial charge in [-0.25, -0.2) is 0 Å². The summed E-state index contributed by atoms with van der Waals surface area (Å²) in [5.74, 6) is 0. The maximum absolute atomic E-state index is 5.42. The summed E-state index contributed by atoms with van der Waals surface area (Å²) in [6.07, 6.45) is 6.07. The van der Waals surface area contributed by atoms with Gasteiger partial charge >= 0.3 is 0 Å². The molecule has 2 fully saturated rings. The number of hydrogen-bond acceptors (Lipinski definition) is 3. The summed E-state index contributed by atoms with van der Waals surface area (Å²) >= 11 is 0. The predicted molar refractivity (Wildman–Crippen MR) is 47.8 cm³/mol. The fraction of sp³-hybridized carbons (Fsp3) is 1.00. The molecule has 2 aliphatic heterocycles. The number of methoxy groups -OCH3 is 1. The molecule has 3 nitrogen and oxygen atoms in total. The van der Waals surface area contributed by atoms with Crippen molar-refractivity contribution in [2.24, 2.45) is 0 Å². The van der Waals surface area contributed by atoms with Crippen molar-refractivity contribution in [1.82, 2.24) is 10.2 Å². The molecule has 0 amide bonds. The van der Waals surface area contributed by atoms with Crippen LogP contribution in [0.3, 0.4) is 0 Å². The normalized spacial score (nSPS) is 37.8. The zero-order chi connectivity index (χ0) is 8.39. The lowest BCUT2D eigenvalue weighted by Crippen LogP contribution is -2.45. The van der Waals surface area contributed by atoms with Gasteiger partial charge in [-0.2, -0.15) is 0 Å². The minimum Gasteiger partial charge on any atom is -0.366 e. The van der Waals surface area contributed by atoms with Crippen molar-refractivity contribution >= 4 is 0 Å². The van der Waals surface area contributed by atoms with E-state index >= 15 is 0 Å². The molecular formula is C9H18N2O. The van der Waals surface area contributed by atoms with Gasteiger partial charge in [-0.1, -0.05) is 0 Å². The highest BCUT2D eigenvalue weighted by Gasteiger charge is 2.31. The van der Waals surface area contributed by atoms with E-state index in [0.717, 1.165) is 0 Å². The van der Waals surface area contributed by atoms with E-state index in [1.807, 2.05) is 7.11 Å².